The summed E-state index contributed by atoms with van der Waals surface area (Å²) in [6.07, 6.45) is -3.71. The number of hydrogen-bond acceptors (Lipinski definition) is 4. The lowest BCUT2D eigenvalue weighted by atomic mass is 10.0. The molecule has 0 saturated carbocycles. The predicted octanol–water partition coefficient (Wildman–Crippen LogP) is 4.06. The van der Waals surface area contributed by atoms with E-state index in [-0.39, 0.29) is 16.8 Å². The maximum atomic E-state index is 13.5. The van der Waals surface area contributed by atoms with Crippen LogP contribution < -0.4 is 4.74 Å². The van der Waals surface area contributed by atoms with Crippen LogP contribution in [0.25, 0.3) is 10.8 Å². The van der Waals surface area contributed by atoms with Crippen LogP contribution in [0, 0.1) is 0 Å². The van der Waals surface area contributed by atoms with Gasteiger partial charge in [0.15, 0.2) is 0 Å². The fourth-order valence-corrected chi connectivity index (χ4v) is 2.63. The molecule has 1 atom stereocenters. The van der Waals surface area contributed by atoms with E-state index in [1.165, 1.54) is 13.2 Å². The maximum absolute atomic E-state index is 13.5. The molecule has 4 nitrogen and oxygen atoms in total. The molecule has 0 fully saturated rings. The van der Waals surface area contributed by atoms with E-state index in [9.17, 15) is 17.7 Å². The van der Waals surface area contributed by atoms with Crippen LogP contribution in [0.4, 0.5) is 13.2 Å². The maximum Gasteiger partial charge on any atom is 0.438 e. The molecule has 0 saturated heterocycles. The number of halogens is 3. The van der Waals surface area contributed by atoms with Crippen molar-refractivity contribution in [3.8, 4) is 5.88 Å². The molecule has 1 aromatic heterocycles. The Bertz CT molecular complexity index is 770. The molecule has 0 aliphatic carbocycles. The molecule has 0 aliphatic rings. The molecule has 0 spiro atoms. The van der Waals surface area contributed by atoms with Crippen molar-refractivity contribution in [1.82, 2.24) is 4.98 Å². The molecule has 2 aromatic rings. The smallest absolute Gasteiger partial charge is 0.438 e. The lowest BCUT2D eigenvalue weighted by molar-refractivity contribution is -0.0578. The SMILES string of the molecule is COc1ncc(/C(=N/[S+]([O-])C(C)(C)C)C(F)(F)F)c2ccccc12. The molecule has 2 rings (SSSR count). The molecule has 130 valence electrons. The standard InChI is InChI=1S/C16H17F3N2O2S/c1-15(2,3)24(22)21-13(16(17,18)19)12-9-20-14(23-4)11-8-6-5-7-10(11)12/h5-9H,1-4H3/b21-13-. The second-order valence-electron chi connectivity index (χ2n) is 6.03. The first-order chi connectivity index (χ1) is 11.1. The van der Waals surface area contributed by atoms with Crippen molar-refractivity contribution in [2.24, 2.45) is 4.40 Å². The summed E-state index contributed by atoms with van der Waals surface area (Å²) in [5, 5.41) is 0.710. The zero-order valence-electron chi connectivity index (χ0n) is 13.6. The van der Waals surface area contributed by atoms with Gasteiger partial charge in [-0.3, -0.25) is 0 Å². The van der Waals surface area contributed by atoms with E-state index in [1.807, 2.05) is 0 Å². The molecule has 24 heavy (non-hydrogen) atoms. The van der Waals surface area contributed by atoms with Gasteiger partial charge in [0.05, 0.1) is 7.11 Å². The van der Waals surface area contributed by atoms with E-state index < -0.39 is 28.0 Å². The van der Waals surface area contributed by atoms with Crippen LogP contribution in [0.1, 0.15) is 26.3 Å². The normalized spacial score (nSPS) is 14.8. The van der Waals surface area contributed by atoms with Crippen LogP contribution in [-0.2, 0) is 11.4 Å². The third-order valence-electron chi connectivity index (χ3n) is 3.17. The number of aromatic nitrogens is 1. The van der Waals surface area contributed by atoms with Gasteiger partial charge in [-0.25, -0.2) is 4.98 Å². The minimum atomic E-state index is -4.76. The number of methoxy groups -OCH3 is 1. The number of fused-ring (bicyclic) bond motifs is 1. The van der Waals surface area contributed by atoms with Gasteiger partial charge in [0, 0.05) is 17.1 Å². The van der Waals surface area contributed by atoms with E-state index in [0.29, 0.717) is 5.39 Å². The first-order valence-corrected chi connectivity index (χ1v) is 8.16. The van der Waals surface area contributed by atoms with E-state index in [1.54, 1.807) is 39.0 Å². The second kappa shape index (κ2) is 6.60. The molecule has 0 amide bonds. The van der Waals surface area contributed by atoms with Crippen molar-refractivity contribution in [3.63, 3.8) is 0 Å². The van der Waals surface area contributed by atoms with E-state index in [2.05, 4.69) is 9.38 Å². The van der Waals surface area contributed by atoms with Crippen molar-refractivity contribution in [3.05, 3.63) is 36.0 Å². The Morgan fingerprint density at radius 3 is 2.25 bits per heavy atom. The number of pyridine rings is 1. The van der Waals surface area contributed by atoms with Gasteiger partial charge < -0.3 is 9.29 Å². The van der Waals surface area contributed by atoms with Gasteiger partial charge in [-0.05, 0) is 32.2 Å². The molecule has 1 heterocycles. The summed E-state index contributed by atoms with van der Waals surface area (Å²) >= 11 is -2.06. The average molecular weight is 358 g/mol. The minimum Gasteiger partial charge on any atom is -0.591 e. The number of hydrogen-bond donors (Lipinski definition) is 0. The number of alkyl halides is 3. The van der Waals surface area contributed by atoms with Crippen LogP contribution in [0.2, 0.25) is 0 Å². The van der Waals surface area contributed by atoms with Crippen LogP contribution in [0.3, 0.4) is 0 Å². The molecular formula is C16H17F3N2O2S. The number of rotatable bonds is 3. The zero-order valence-corrected chi connectivity index (χ0v) is 14.5. The lowest BCUT2D eigenvalue weighted by Gasteiger charge is -2.20. The summed E-state index contributed by atoms with van der Waals surface area (Å²) < 4.78 is 60.4. The quantitative estimate of drug-likeness (QED) is 0.614. The minimum absolute atomic E-state index is 0.216. The highest BCUT2D eigenvalue weighted by Gasteiger charge is 2.42. The van der Waals surface area contributed by atoms with Crippen molar-refractivity contribution >= 4 is 27.8 Å². The van der Waals surface area contributed by atoms with E-state index in [4.69, 9.17) is 4.74 Å². The molecule has 1 unspecified atom stereocenters. The van der Waals surface area contributed by atoms with Gasteiger partial charge in [-0.15, -0.1) is 0 Å². The van der Waals surface area contributed by atoms with Gasteiger partial charge in [0.2, 0.25) is 11.6 Å². The number of nitrogens with zero attached hydrogens (tertiary/aromatic N) is 2. The Balaban J connectivity index is 2.73. The van der Waals surface area contributed by atoms with Crippen molar-refractivity contribution < 1.29 is 22.5 Å². The Hall–Kier alpha value is -1.80. The summed E-state index contributed by atoms with van der Waals surface area (Å²) in [6, 6.07) is 6.42. The molecule has 0 radical (unpaired) electrons. The molecule has 0 bridgehead atoms. The summed E-state index contributed by atoms with van der Waals surface area (Å²) in [7, 11) is 1.39. The van der Waals surface area contributed by atoms with Gasteiger partial charge in [0.25, 0.3) is 0 Å². The van der Waals surface area contributed by atoms with E-state index >= 15 is 0 Å². The number of ether oxygens (including phenoxy) is 1. The Morgan fingerprint density at radius 1 is 1.17 bits per heavy atom. The average Bonchev–Trinajstić information content (AvgIpc) is 2.49. The lowest BCUT2D eigenvalue weighted by Crippen LogP contribution is -2.31. The summed E-state index contributed by atoms with van der Waals surface area (Å²) in [5.74, 6) is 0.216. The fourth-order valence-electron chi connectivity index (χ4n) is 1.99. The van der Waals surface area contributed by atoms with Gasteiger partial charge in [-0.1, -0.05) is 22.6 Å². The van der Waals surface area contributed by atoms with Crippen LogP contribution >= 0.6 is 0 Å². The third kappa shape index (κ3) is 3.81. The van der Waals surface area contributed by atoms with Gasteiger partial charge >= 0.3 is 6.18 Å². The van der Waals surface area contributed by atoms with Crippen molar-refractivity contribution in [2.75, 3.05) is 7.11 Å². The van der Waals surface area contributed by atoms with Gasteiger partial charge in [-0.2, -0.15) is 13.2 Å². The number of benzene rings is 1. The Labute approximate surface area is 141 Å². The first-order valence-electron chi connectivity index (χ1n) is 7.05. The third-order valence-corrected chi connectivity index (χ3v) is 4.57. The molecule has 0 N–H and O–H groups in total. The Kier molecular flexibility index (Phi) is 5.10. The van der Waals surface area contributed by atoms with Crippen LogP contribution in [-0.4, -0.2) is 33.3 Å². The molecule has 8 heteroatoms. The summed E-state index contributed by atoms with van der Waals surface area (Å²) in [4.78, 5) is 3.93. The molecular weight excluding hydrogens is 341 g/mol. The topological polar surface area (TPSA) is 57.5 Å². The monoisotopic (exact) mass is 358 g/mol. The van der Waals surface area contributed by atoms with Crippen LogP contribution in [0.5, 0.6) is 5.88 Å². The van der Waals surface area contributed by atoms with Crippen molar-refractivity contribution in [1.29, 1.82) is 0 Å². The largest absolute Gasteiger partial charge is 0.591 e. The highest BCUT2D eigenvalue weighted by Crippen LogP contribution is 2.32. The highest BCUT2D eigenvalue weighted by molar-refractivity contribution is 7.91. The highest BCUT2D eigenvalue weighted by atomic mass is 32.2. The zero-order chi connectivity index (χ0) is 18.1. The second-order valence-corrected chi connectivity index (χ2v) is 7.93. The molecule has 0 aliphatic heterocycles. The van der Waals surface area contributed by atoms with Crippen molar-refractivity contribution in [2.45, 2.75) is 31.7 Å². The Morgan fingerprint density at radius 2 is 1.75 bits per heavy atom. The van der Waals surface area contributed by atoms with Crippen LogP contribution in [0.15, 0.2) is 34.9 Å². The van der Waals surface area contributed by atoms with Gasteiger partial charge in [0.1, 0.15) is 16.1 Å². The predicted molar refractivity (Wildman–Crippen MR) is 88.8 cm³/mol. The summed E-state index contributed by atoms with van der Waals surface area (Å²) in [6.45, 7) is 4.68. The first kappa shape index (κ1) is 18.5. The molecule has 1 aromatic carbocycles. The summed E-state index contributed by atoms with van der Waals surface area (Å²) in [5.41, 5.74) is -1.43. The van der Waals surface area contributed by atoms with E-state index in [0.717, 1.165) is 6.20 Å². The fraction of sp³-hybridized carbons (Fsp3) is 0.375.